The molecule has 0 radical (unpaired) electrons. The van der Waals surface area contributed by atoms with Crippen molar-refractivity contribution >= 4 is 15.7 Å². The average molecular weight is 302 g/mol. The summed E-state index contributed by atoms with van der Waals surface area (Å²) < 4.78 is 39.4. The van der Waals surface area contributed by atoms with Crippen LogP contribution in [0.1, 0.15) is 31.7 Å². The molecule has 0 amide bonds. The minimum atomic E-state index is -3.40. The highest BCUT2D eigenvalue weighted by Gasteiger charge is 2.10. The SMILES string of the molecule is CCCNCCCCS(=O)(=O)Nc1ccc(C)c(F)c1. The van der Waals surface area contributed by atoms with Gasteiger partial charge in [0, 0.05) is 0 Å². The van der Waals surface area contributed by atoms with Gasteiger partial charge in [-0.1, -0.05) is 13.0 Å². The van der Waals surface area contributed by atoms with E-state index in [1.54, 1.807) is 19.1 Å². The lowest BCUT2D eigenvalue weighted by Crippen LogP contribution is -2.20. The zero-order chi connectivity index (χ0) is 15.0. The van der Waals surface area contributed by atoms with Crippen LogP contribution >= 0.6 is 0 Å². The molecular formula is C14H23FN2O2S. The lowest BCUT2D eigenvalue weighted by atomic mass is 10.2. The summed E-state index contributed by atoms with van der Waals surface area (Å²) in [7, 11) is -3.40. The first kappa shape index (κ1) is 16.9. The zero-order valence-electron chi connectivity index (χ0n) is 12.1. The molecule has 0 unspecified atom stereocenters. The fourth-order valence-corrected chi connectivity index (χ4v) is 2.90. The van der Waals surface area contributed by atoms with E-state index in [2.05, 4.69) is 17.0 Å². The van der Waals surface area contributed by atoms with Gasteiger partial charge in [0.25, 0.3) is 0 Å². The molecule has 4 nitrogen and oxygen atoms in total. The van der Waals surface area contributed by atoms with E-state index in [1.165, 1.54) is 6.07 Å². The van der Waals surface area contributed by atoms with E-state index in [-0.39, 0.29) is 11.4 Å². The number of unbranched alkanes of at least 4 members (excludes halogenated alkanes) is 1. The van der Waals surface area contributed by atoms with Crippen LogP contribution in [-0.4, -0.2) is 27.3 Å². The fourth-order valence-electron chi connectivity index (χ4n) is 1.73. The van der Waals surface area contributed by atoms with E-state index >= 15 is 0 Å². The van der Waals surface area contributed by atoms with Gasteiger partial charge in [0.1, 0.15) is 5.82 Å². The summed E-state index contributed by atoms with van der Waals surface area (Å²) in [5.41, 5.74) is 0.771. The van der Waals surface area contributed by atoms with Crippen LogP contribution in [0.4, 0.5) is 10.1 Å². The summed E-state index contributed by atoms with van der Waals surface area (Å²) in [5, 5.41) is 3.22. The van der Waals surface area contributed by atoms with Crippen LogP contribution in [0.15, 0.2) is 18.2 Å². The average Bonchev–Trinajstić information content (AvgIpc) is 2.38. The standard InChI is InChI=1S/C14H23FN2O2S/c1-3-8-16-9-4-5-10-20(18,19)17-13-7-6-12(2)14(15)11-13/h6-7,11,16-17H,3-5,8-10H2,1-2H3. The molecule has 1 aromatic carbocycles. The maximum absolute atomic E-state index is 13.3. The minimum absolute atomic E-state index is 0.0519. The number of hydrogen-bond donors (Lipinski definition) is 2. The molecule has 0 atom stereocenters. The Hall–Kier alpha value is -1.14. The van der Waals surface area contributed by atoms with Gasteiger partial charge in [0.05, 0.1) is 11.4 Å². The Balaban J connectivity index is 2.39. The van der Waals surface area contributed by atoms with Crippen molar-refractivity contribution in [3.05, 3.63) is 29.6 Å². The molecule has 0 bridgehead atoms. The molecule has 114 valence electrons. The van der Waals surface area contributed by atoms with Crippen LogP contribution < -0.4 is 10.0 Å². The highest BCUT2D eigenvalue weighted by Crippen LogP contribution is 2.15. The van der Waals surface area contributed by atoms with Crippen LogP contribution in [0.5, 0.6) is 0 Å². The van der Waals surface area contributed by atoms with E-state index in [1.807, 2.05) is 0 Å². The summed E-state index contributed by atoms with van der Waals surface area (Å²) in [5.74, 6) is -0.356. The van der Waals surface area contributed by atoms with Gasteiger partial charge in [-0.3, -0.25) is 4.72 Å². The number of halogens is 1. The lowest BCUT2D eigenvalue weighted by molar-refractivity contribution is 0.590. The third kappa shape index (κ3) is 6.34. The molecule has 0 saturated heterocycles. The number of aryl methyl sites for hydroxylation is 1. The molecule has 20 heavy (non-hydrogen) atoms. The van der Waals surface area contributed by atoms with Crippen molar-refractivity contribution in [3.8, 4) is 0 Å². The van der Waals surface area contributed by atoms with Gasteiger partial charge in [0.2, 0.25) is 10.0 Å². The van der Waals surface area contributed by atoms with E-state index in [9.17, 15) is 12.8 Å². The topological polar surface area (TPSA) is 58.2 Å². The van der Waals surface area contributed by atoms with Crippen LogP contribution in [0, 0.1) is 12.7 Å². The number of nitrogens with one attached hydrogen (secondary N) is 2. The third-order valence-corrected chi connectivity index (χ3v) is 4.26. The molecule has 0 spiro atoms. The van der Waals surface area contributed by atoms with Gasteiger partial charge in [-0.05, 0) is 57.0 Å². The predicted molar refractivity (Wildman–Crippen MR) is 80.9 cm³/mol. The van der Waals surface area contributed by atoms with E-state index in [0.29, 0.717) is 12.0 Å². The van der Waals surface area contributed by atoms with Gasteiger partial charge in [0.15, 0.2) is 0 Å². The van der Waals surface area contributed by atoms with Crippen molar-refractivity contribution in [2.75, 3.05) is 23.6 Å². The summed E-state index contributed by atoms with van der Waals surface area (Å²) in [6.45, 7) is 5.50. The van der Waals surface area contributed by atoms with Gasteiger partial charge < -0.3 is 5.32 Å². The molecule has 0 aliphatic carbocycles. The zero-order valence-corrected chi connectivity index (χ0v) is 12.9. The maximum atomic E-state index is 13.3. The number of hydrogen-bond acceptors (Lipinski definition) is 3. The van der Waals surface area contributed by atoms with Gasteiger partial charge in [-0.15, -0.1) is 0 Å². The molecule has 0 aliphatic heterocycles. The summed E-state index contributed by atoms with van der Waals surface area (Å²) >= 11 is 0. The highest BCUT2D eigenvalue weighted by atomic mass is 32.2. The summed E-state index contributed by atoms with van der Waals surface area (Å²) in [6.07, 6.45) is 2.46. The maximum Gasteiger partial charge on any atom is 0.232 e. The smallest absolute Gasteiger partial charge is 0.232 e. The van der Waals surface area contributed by atoms with Crippen LogP contribution in [0.3, 0.4) is 0 Å². The normalized spacial score (nSPS) is 11.6. The van der Waals surface area contributed by atoms with E-state index in [0.717, 1.165) is 25.9 Å². The fraction of sp³-hybridized carbons (Fsp3) is 0.571. The van der Waals surface area contributed by atoms with Crippen molar-refractivity contribution in [2.24, 2.45) is 0 Å². The largest absolute Gasteiger partial charge is 0.317 e. The number of anilines is 1. The van der Waals surface area contributed by atoms with E-state index < -0.39 is 15.8 Å². The van der Waals surface area contributed by atoms with Gasteiger partial charge in [-0.25, -0.2) is 12.8 Å². The first-order valence-electron chi connectivity index (χ1n) is 6.92. The molecule has 1 rings (SSSR count). The Labute approximate surface area is 120 Å². The van der Waals surface area contributed by atoms with Gasteiger partial charge in [-0.2, -0.15) is 0 Å². The monoisotopic (exact) mass is 302 g/mol. The molecule has 0 aromatic heterocycles. The Morgan fingerprint density at radius 3 is 2.60 bits per heavy atom. The Morgan fingerprint density at radius 2 is 1.95 bits per heavy atom. The molecule has 0 aliphatic rings. The third-order valence-electron chi connectivity index (χ3n) is 2.89. The molecule has 6 heteroatoms. The molecule has 0 heterocycles. The molecule has 1 aromatic rings. The van der Waals surface area contributed by atoms with E-state index in [4.69, 9.17) is 0 Å². The first-order valence-corrected chi connectivity index (χ1v) is 8.57. The summed E-state index contributed by atoms with van der Waals surface area (Å²) in [4.78, 5) is 0. The molecular weight excluding hydrogens is 279 g/mol. The van der Waals surface area contributed by atoms with Crippen molar-refractivity contribution < 1.29 is 12.8 Å². The van der Waals surface area contributed by atoms with Gasteiger partial charge >= 0.3 is 0 Å². The Kier molecular flexibility index (Phi) is 6.95. The van der Waals surface area contributed by atoms with Crippen molar-refractivity contribution in [2.45, 2.75) is 33.1 Å². The Bertz CT molecular complexity index is 518. The lowest BCUT2D eigenvalue weighted by Gasteiger charge is -2.09. The number of benzene rings is 1. The summed E-state index contributed by atoms with van der Waals surface area (Å²) in [6, 6.07) is 4.33. The second-order valence-corrected chi connectivity index (χ2v) is 6.68. The minimum Gasteiger partial charge on any atom is -0.317 e. The quantitative estimate of drug-likeness (QED) is 0.690. The van der Waals surface area contributed by atoms with Crippen molar-refractivity contribution in [3.63, 3.8) is 0 Å². The Morgan fingerprint density at radius 1 is 1.20 bits per heavy atom. The van der Waals surface area contributed by atoms with Crippen LogP contribution in [0.2, 0.25) is 0 Å². The molecule has 2 N–H and O–H groups in total. The van der Waals surface area contributed by atoms with Crippen molar-refractivity contribution in [1.82, 2.24) is 5.32 Å². The molecule has 0 fully saturated rings. The van der Waals surface area contributed by atoms with Crippen LogP contribution in [-0.2, 0) is 10.0 Å². The first-order chi connectivity index (χ1) is 9.44. The van der Waals surface area contributed by atoms with Crippen LogP contribution in [0.25, 0.3) is 0 Å². The predicted octanol–water partition coefficient (Wildman–Crippen LogP) is 2.66. The number of rotatable bonds is 9. The number of sulfonamides is 1. The second kappa shape index (κ2) is 8.21. The molecule has 0 saturated carbocycles. The van der Waals surface area contributed by atoms with Crippen molar-refractivity contribution in [1.29, 1.82) is 0 Å². The second-order valence-electron chi connectivity index (χ2n) is 4.84. The highest BCUT2D eigenvalue weighted by molar-refractivity contribution is 7.92.